The van der Waals surface area contributed by atoms with Gasteiger partial charge in [-0.1, -0.05) is 6.07 Å². The van der Waals surface area contributed by atoms with Gasteiger partial charge in [-0.15, -0.1) is 0 Å². The Balaban J connectivity index is 1.58. The smallest absolute Gasteiger partial charge is 0.410 e. The number of fused-ring (bicyclic) bond motifs is 3. The molecule has 7 heteroatoms. The third-order valence-corrected chi connectivity index (χ3v) is 5.24. The molecule has 2 unspecified atom stereocenters. The summed E-state index contributed by atoms with van der Waals surface area (Å²) in [4.78, 5) is 14.4. The summed E-state index contributed by atoms with van der Waals surface area (Å²) in [6.07, 6.45) is 0.440. The second-order valence-electron chi connectivity index (χ2n) is 8.53. The maximum absolute atomic E-state index is 12.7. The van der Waals surface area contributed by atoms with Crippen LogP contribution in [-0.4, -0.2) is 60.2 Å². The second kappa shape index (κ2) is 6.56. The van der Waals surface area contributed by atoms with Crippen LogP contribution in [-0.2, 0) is 15.1 Å². The molecule has 2 bridgehead atoms. The van der Waals surface area contributed by atoms with Crippen LogP contribution in [0.15, 0.2) is 18.2 Å². The highest BCUT2D eigenvalue weighted by atomic mass is 16.6. The highest BCUT2D eigenvalue weighted by molar-refractivity contribution is 5.69. The molecule has 2 atom stereocenters. The first kappa shape index (κ1) is 18.4. The molecule has 2 fully saturated rings. The van der Waals surface area contributed by atoms with Crippen LogP contribution in [0.5, 0.6) is 11.5 Å². The summed E-state index contributed by atoms with van der Waals surface area (Å²) in [5.74, 6) is 1.35. The Hall–Kier alpha value is -1.99. The fourth-order valence-electron chi connectivity index (χ4n) is 4.16. The van der Waals surface area contributed by atoms with Crippen molar-refractivity contribution in [1.29, 1.82) is 0 Å². The third-order valence-electron chi connectivity index (χ3n) is 5.24. The highest BCUT2D eigenvalue weighted by Gasteiger charge is 2.50. The van der Waals surface area contributed by atoms with Crippen LogP contribution in [0.25, 0.3) is 0 Å². The lowest BCUT2D eigenvalue weighted by atomic mass is 9.77. The van der Waals surface area contributed by atoms with Crippen LogP contribution in [0.3, 0.4) is 0 Å². The molecule has 1 aromatic carbocycles. The fraction of sp³-hybridized carbons (Fsp3) is 0.650. The van der Waals surface area contributed by atoms with Crippen molar-refractivity contribution in [3.63, 3.8) is 0 Å². The normalized spacial score (nSPS) is 30.0. The predicted octanol–water partition coefficient (Wildman–Crippen LogP) is 2.44. The molecule has 0 aliphatic carbocycles. The van der Waals surface area contributed by atoms with E-state index in [2.05, 4.69) is 0 Å². The first-order chi connectivity index (χ1) is 12.8. The third kappa shape index (κ3) is 3.58. The zero-order chi connectivity index (χ0) is 19.2. The molecule has 1 amide bonds. The summed E-state index contributed by atoms with van der Waals surface area (Å²) < 4.78 is 22.5. The van der Waals surface area contributed by atoms with Crippen LogP contribution in [0.2, 0.25) is 0 Å². The molecule has 4 rings (SSSR count). The minimum absolute atomic E-state index is 0.231. The number of carbonyl (C=O) groups excluding carboxylic acids is 1. The lowest BCUT2D eigenvalue weighted by Gasteiger charge is -2.51. The van der Waals surface area contributed by atoms with Gasteiger partial charge in [-0.3, -0.25) is 4.90 Å². The van der Waals surface area contributed by atoms with Crippen LogP contribution >= 0.6 is 0 Å². The monoisotopic (exact) mass is 377 g/mol. The van der Waals surface area contributed by atoms with E-state index in [0.29, 0.717) is 50.8 Å². The summed E-state index contributed by atoms with van der Waals surface area (Å²) >= 11 is 0. The standard InChI is InChI=1S/C20H27NO6/c1-19(2,3)27-18(22)21-14-9-20(23,10-15(21)12-24-11-14)13-4-5-16-17(8-13)26-7-6-25-16/h4-5,8,14-15,23H,6-7,9-12H2,1-3H3. The van der Waals surface area contributed by atoms with E-state index >= 15 is 0 Å². The maximum Gasteiger partial charge on any atom is 0.410 e. The van der Waals surface area contributed by atoms with Crippen LogP contribution in [0, 0.1) is 0 Å². The number of amides is 1. The van der Waals surface area contributed by atoms with Crippen molar-refractivity contribution >= 4 is 6.09 Å². The van der Waals surface area contributed by atoms with Gasteiger partial charge in [0.1, 0.15) is 18.8 Å². The van der Waals surface area contributed by atoms with E-state index in [4.69, 9.17) is 18.9 Å². The Morgan fingerprint density at radius 3 is 2.41 bits per heavy atom. The van der Waals surface area contributed by atoms with Gasteiger partial charge in [0.25, 0.3) is 0 Å². The van der Waals surface area contributed by atoms with Crippen LogP contribution in [0.4, 0.5) is 4.79 Å². The Bertz CT molecular complexity index is 714. The zero-order valence-electron chi connectivity index (χ0n) is 16.1. The van der Waals surface area contributed by atoms with Crippen molar-refractivity contribution in [2.45, 2.75) is 56.9 Å². The predicted molar refractivity (Wildman–Crippen MR) is 97.0 cm³/mol. The molecule has 27 heavy (non-hydrogen) atoms. The minimum Gasteiger partial charge on any atom is -0.486 e. The van der Waals surface area contributed by atoms with Crippen LogP contribution in [0.1, 0.15) is 39.2 Å². The van der Waals surface area contributed by atoms with E-state index in [1.165, 1.54) is 0 Å². The number of morpholine rings is 1. The first-order valence-electron chi connectivity index (χ1n) is 9.47. The van der Waals surface area contributed by atoms with E-state index in [0.717, 1.165) is 5.56 Å². The number of aliphatic hydroxyl groups is 1. The molecule has 7 nitrogen and oxygen atoms in total. The first-order valence-corrected chi connectivity index (χ1v) is 9.47. The van der Waals surface area contributed by atoms with Gasteiger partial charge in [-0.2, -0.15) is 0 Å². The molecule has 0 radical (unpaired) electrons. The molecular formula is C20H27NO6. The zero-order valence-corrected chi connectivity index (χ0v) is 16.1. The van der Waals surface area contributed by atoms with Crippen molar-refractivity contribution in [2.24, 2.45) is 0 Å². The van der Waals surface area contributed by atoms with Gasteiger partial charge in [0, 0.05) is 12.8 Å². The van der Waals surface area contributed by atoms with Gasteiger partial charge in [-0.25, -0.2) is 4.79 Å². The SMILES string of the molecule is CC(C)(C)OC(=O)N1C2COCC1CC(O)(c1ccc3c(c1)OCCO3)C2. The van der Waals surface area contributed by atoms with Gasteiger partial charge in [0.05, 0.1) is 30.9 Å². The highest BCUT2D eigenvalue weighted by Crippen LogP contribution is 2.44. The van der Waals surface area contributed by atoms with E-state index in [-0.39, 0.29) is 18.2 Å². The number of hydrogen-bond donors (Lipinski definition) is 1. The quantitative estimate of drug-likeness (QED) is 0.810. The molecule has 3 heterocycles. The van der Waals surface area contributed by atoms with Gasteiger partial charge in [0.15, 0.2) is 11.5 Å². The van der Waals surface area contributed by atoms with Crippen molar-refractivity contribution < 1.29 is 28.8 Å². The Morgan fingerprint density at radius 2 is 1.78 bits per heavy atom. The van der Waals surface area contributed by atoms with Crippen molar-refractivity contribution in [2.75, 3.05) is 26.4 Å². The molecule has 3 aliphatic heterocycles. The van der Waals surface area contributed by atoms with E-state index < -0.39 is 11.2 Å². The Kier molecular flexibility index (Phi) is 4.47. The molecule has 0 saturated carbocycles. The van der Waals surface area contributed by atoms with E-state index in [1.807, 2.05) is 39.0 Å². The summed E-state index contributed by atoms with van der Waals surface area (Å²) in [6, 6.07) is 5.12. The van der Waals surface area contributed by atoms with Crippen molar-refractivity contribution in [1.82, 2.24) is 4.90 Å². The molecule has 2 saturated heterocycles. The summed E-state index contributed by atoms with van der Waals surface area (Å²) in [6.45, 7) is 7.38. The Labute approximate surface area is 159 Å². The van der Waals surface area contributed by atoms with Crippen molar-refractivity contribution in [3.05, 3.63) is 23.8 Å². The molecule has 3 aliphatic rings. The number of hydrogen-bond acceptors (Lipinski definition) is 6. The number of benzene rings is 1. The molecule has 1 N–H and O–H groups in total. The molecule has 148 valence electrons. The van der Waals surface area contributed by atoms with Gasteiger partial charge in [0.2, 0.25) is 0 Å². The number of piperidine rings is 1. The lowest BCUT2D eigenvalue weighted by molar-refractivity contribution is -0.141. The van der Waals surface area contributed by atoms with Crippen LogP contribution < -0.4 is 9.47 Å². The van der Waals surface area contributed by atoms with Gasteiger partial charge in [-0.05, 0) is 38.5 Å². The minimum atomic E-state index is -1.05. The molecular weight excluding hydrogens is 350 g/mol. The molecule has 1 aromatic rings. The summed E-state index contributed by atoms with van der Waals surface area (Å²) in [5.41, 5.74) is -0.823. The van der Waals surface area contributed by atoms with Gasteiger partial charge < -0.3 is 24.1 Å². The maximum atomic E-state index is 12.7. The molecule has 0 spiro atoms. The lowest BCUT2D eigenvalue weighted by Crippen LogP contribution is -2.63. The molecule has 0 aromatic heterocycles. The number of carbonyl (C=O) groups is 1. The van der Waals surface area contributed by atoms with E-state index in [1.54, 1.807) is 4.90 Å². The largest absolute Gasteiger partial charge is 0.486 e. The Morgan fingerprint density at radius 1 is 1.15 bits per heavy atom. The van der Waals surface area contributed by atoms with Gasteiger partial charge >= 0.3 is 6.09 Å². The fourth-order valence-corrected chi connectivity index (χ4v) is 4.16. The van der Waals surface area contributed by atoms with Crippen molar-refractivity contribution in [3.8, 4) is 11.5 Å². The number of rotatable bonds is 1. The average molecular weight is 377 g/mol. The average Bonchev–Trinajstić information content (AvgIpc) is 2.59. The van der Waals surface area contributed by atoms with E-state index in [9.17, 15) is 9.90 Å². The second-order valence-corrected chi connectivity index (χ2v) is 8.53. The topological polar surface area (TPSA) is 77.5 Å². The summed E-state index contributed by atoms with van der Waals surface area (Å²) in [5, 5.41) is 11.5. The number of ether oxygens (including phenoxy) is 4. The summed E-state index contributed by atoms with van der Waals surface area (Å²) in [7, 11) is 0. The number of nitrogens with zero attached hydrogens (tertiary/aromatic N) is 1.